The summed E-state index contributed by atoms with van der Waals surface area (Å²) in [5, 5.41) is 10.4. The Kier molecular flexibility index (Phi) is 5.23. The number of carbonyl (C=O) groups excluding carboxylic acids is 1. The summed E-state index contributed by atoms with van der Waals surface area (Å²) in [6.45, 7) is 3.68. The minimum Gasteiger partial charge on any atom is -0.507 e. The number of allylic oxidation sites excluding steroid dienone is 2. The normalized spacial score (nSPS) is 14.2. The predicted octanol–water partition coefficient (Wildman–Crippen LogP) is 3.91. The number of methoxy groups -OCH3 is 1. The zero-order chi connectivity index (χ0) is 17.1. The lowest BCUT2D eigenvalue weighted by atomic mass is 9.94. The molecule has 0 saturated carbocycles. The topological polar surface area (TPSA) is 55.8 Å². The van der Waals surface area contributed by atoms with Gasteiger partial charge in [0.05, 0.1) is 7.11 Å². The summed E-state index contributed by atoms with van der Waals surface area (Å²) < 4.78 is 34.8. The van der Waals surface area contributed by atoms with Crippen LogP contribution < -0.4 is 4.74 Å². The first-order valence-corrected chi connectivity index (χ1v) is 7.39. The Bertz CT molecular complexity index is 651. The number of halogens is 2. The number of ether oxygens (including phenoxy) is 2. The number of alkyl halides is 2. The van der Waals surface area contributed by atoms with E-state index in [1.54, 1.807) is 19.9 Å². The molecule has 0 fully saturated rings. The van der Waals surface area contributed by atoms with E-state index in [0.29, 0.717) is 23.3 Å². The molecule has 1 aromatic carbocycles. The Balaban J connectivity index is 2.35. The van der Waals surface area contributed by atoms with Crippen LogP contribution in [0.25, 0.3) is 0 Å². The first kappa shape index (κ1) is 17.2. The summed E-state index contributed by atoms with van der Waals surface area (Å²) in [5.74, 6) is -0.205. The molecule has 1 aliphatic rings. The molecule has 0 aliphatic carbocycles. The maximum absolute atomic E-state index is 12.2. The molecule has 23 heavy (non-hydrogen) atoms. The molecular formula is C17H20F2O4. The zero-order valence-corrected chi connectivity index (χ0v) is 13.4. The highest BCUT2D eigenvalue weighted by Crippen LogP contribution is 2.42. The molecule has 0 bridgehead atoms. The van der Waals surface area contributed by atoms with E-state index in [0.717, 1.165) is 11.1 Å². The fourth-order valence-corrected chi connectivity index (χ4v) is 2.74. The van der Waals surface area contributed by atoms with Crippen molar-refractivity contribution < 1.29 is 28.2 Å². The van der Waals surface area contributed by atoms with Gasteiger partial charge in [0.1, 0.15) is 23.7 Å². The number of fused-ring (bicyclic) bond motifs is 1. The number of hydrogen-bond donors (Lipinski definition) is 1. The number of phenolic OH excluding ortho intramolecular Hbond substituents is 1. The fraction of sp³-hybridized carbons (Fsp3) is 0.471. The smallest absolute Gasteiger partial charge is 0.342 e. The average Bonchev–Trinajstić information content (AvgIpc) is 2.89. The highest BCUT2D eigenvalue weighted by atomic mass is 19.3. The number of phenols is 1. The zero-order valence-electron chi connectivity index (χ0n) is 13.4. The van der Waals surface area contributed by atoms with Crippen LogP contribution >= 0.6 is 0 Å². The van der Waals surface area contributed by atoms with Gasteiger partial charge in [0, 0.05) is 17.5 Å². The van der Waals surface area contributed by atoms with Gasteiger partial charge in [-0.25, -0.2) is 13.6 Å². The SMILES string of the molecule is COc1c(C)c2c(c(O)c1C/C=C(\C)CCC(F)F)C(=O)OC2. The summed E-state index contributed by atoms with van der Waals surface area (Å²) in [5.41, 5.74) is 2.83. The molecule has 1 aromatic rings. The number of cyclic esters (lactones) is 1. The monoisotopic (exact) mass is 326 g/mol. The van der Waals surface area contributed by atoms with Gasteiger partial charge in [0.15, 0.2) is 0 Å². The molecule has 4 nitrogen and oxygen atoms in total. The molecule has 6 heteroatoms. The minimum absolute atomic E-state index is 0.119. The van der Waals surface area contributed by atoms with Gasteiger partial charge in [-0.05, 0) is 32.3 Å². The van der Waals surface area contributed by atoms with Crippen LogP contribution in [-0.4, -0.2) is 24.6 Å². The predicted molar refractivity (Wildman–Crippen MR) is 81.2 cm³/mol. The van der Waals surface area contributed by atoms with Crippen molar-refractivity contribution in [2.45, 2.75) is 46.1 Å². The Hall–Kier alpha value is -2.11. The van der Waals surface area contributed by atoms with E-state index in [2.05, 4.69) is 0 Å². The second-order valence-corrected chi connectivity index (χ2v) is 5.60. The maximum Gasteiger partial charge on any atom is 0.342 e. The highest BCUT2D eigenvalue weighted by molar-refractivity contribution is 5.98. The fourth-order valence-electron chi connectivity index (χ4n) is 2.74. The second-order valence-electron chi connectivity index (χ2n) is 5.60. The molecule has 0 spiro atoms. The van der Waals surface area contributed by atoms with Crippen LogP contribution in [0.2, 0.25) is 0 Å². The van der Waals surface area contributed by atoms with Crippen molar-refractivity contribution in [3.63, 3.8) is 0 Å². The van der Waals surface area contributed by atoms with Gasteiger partial charge in [-0.1, -0.05) is 11.6 Å². The van der Waals surface area contributed by atoms with Gasteiger partial charge in [0.2, 0.25) is 6.43 Å². The number of esters is 1. The molecule has 126 valence electrons. The third-order valence-electron chi connectivity index (χ3n) is 4.06. The van der Waals surface area contributed by atoms with Crippen LogP contribution in [0.15, 0.2) is 11.6 Å². The van der Waals surface area contributed by atoms with E-state index in [1.165, 1.54) is 7.11 Å². The lowest BCUT2D eigenvalue weighted by molar-refractivity contribution is 0.0533. The van der Waals surface area contributed by atoms with Crippen LogP contribution in [-0.2, 0) is 17.8 Å². The van der Waals surface area contributed by atoms with Crippen LogP contribution in [0, 0.1) is 6.92 Å². The van der Waals surface area contributed by atoms with Crippen molar-refractivity contribution in [1.82, 2.24) is 0 Å². The van der Waals surface area contributed by atoms with Crippen LogP contribution in [0.1, 0.15) is 46.8 Å². The van der Waals surface area contributed by atoms with E-state index >= 15 is 0 Å². The molecule has 0 aromatic heterocycles. The first-order valence-electron chi connectivity index (χ1n) is 7.39. The van der Waals surface area contributed by atoms with Crippen LogP contribution in [0.3, 0.4) is 0 Å². The third-order valence-corrected chi connectivity index (χ3v) is 4.06. The third kappa shape index (κ3) is 3.46. The average molecular weight is 326 g/mol. The van der Waals surface area contributed by atoms with Crippen molar-refractivity contribution in [2.75, 3.05) is 7.11 Å². The molecular weight excluding hydrogens is 306 g/mol. The second kappa shape index (κ2) is 6.98. The molecule has 0 saturated heterocycles. The molecule has 0 atom stereocenters. The molecule has 1 aliphatic heterocycles. The van der Waals surface area contributed by atoms with E-state index in [4.69, 9.17) is 9.47 Å². The van der Waals surface area contributed by atoms with E-state index in [-0.39, 0.29) is 30.8 Å². The Labute approximate surface area is 133 Å². The minimum atomic E-state index is -2.33. The Morgan fingerprint density at radius 2 is 2.17 bits per heavy atom. The summed E-state index contributed by atoms with van der Waals surface area (Å²) in [6, 6.07) is 0. The van der Waals surface area contributed by atoms with Crippen molar-refractivity contribution in [3.8, 4) is 11.5 Å². The Morgan fingerprint density at radius 1 is 1.48 bits per heavy atom. The summed E-state index contributed by atoms with van der Waals surface area (Å²) >= 11 is 0. The Morgan fingerprint density at radius 3 is 2.78 bits per heavy atom. The first-order chi connectivity index (χ1) is 10.9. The molecule has 0 unspecified atom stereocenters. The maximum atomic E-state index is 12.2. The van der Waals surface area contributed by atoms with Gasteiger partial charge in [0.25, 0.3) is 0 Å². The van der Waals surface area contributed by atoms with Gasteiger partial charge in [-0.15, -0.1) is 0 Å². The van der Waals surface area contributed by atoms with Gasteiger partial charge < -0.3 is 14.6 Å². The number of hydrogen-bond acceptors (Lipinski definition) is 4. The van der Waals surface area contributed by atoms with Crippen molar-refractivity contribution in [2.24, 2.45) is 0 Å². The lowest BCUT2D eigenvalue weighted by Gasteiger charge is -2.15. The number of benzene rings is 1. The molecule has 0 radical (unpaired) electrons. The number of rotatable bonds is 6. The van der Waals surface area contributed by atoms with Crippen molar-refractivity contribution in [3.05, 3.63) is 33.9 Å². The van der Waals surface area contributed by atoms with Crippen LogP contribution in [0.4, 0.5) is 8.78 Å². The molecule has 1 heterocycles. The number of aromatic hydroxyl groups is 1. The summed E-state index contributed by atoms with van der Waals surface area (Å²) in [6.07, 6.45) is -0.177. The van der Waals surface area contributed by atoms with Gasteiger partial charge in [-0.3, -0.25) is 0 Å². The van der Waals surface area contributed by atoms with Crippen molar-refractivity contribution in [1.29, 1.82) is 0 Å². The largest absolute Gasteiger partial charge is 0.507 e. The summed E-state index contributed by atoms with van der Waals surface area (Å²) in [7, 11) is 1.49. The van der Waals surface area contributed by atoms with Gasteiger partial charge >= 0.3 is 5.97 Å². The standard InChI is InChI=1S/C17H20F2O4/c1-9(5-7-13(18)19)4-6-11-15(20)14-12(8-23-17(14)21)10(2)16(11)22-3/h4,13,20H,5-8H2,1-3H3/b9-4+. The van der Waals surface area contributed by atoms with Crippen molar-refractivity contribution >= 4 is 5.97 Å². The van der Waals surface area contributed by atoms with Gasteiger partial charge in [-0.2, -0.15) is 0 Å². The van der Waals surface area contributed by atoms with Crippen LogP contribution in [0.5, 0.6) is 11.5 Å². The quantitative estimate of drug-likeness (QED) is 0.636. The number of carbonyl (C=O) groups is 1. The highest BCUT2D eigenvalue weighted by Gasteiger charge is 2.31. The molecule has 1 N–H and O–H groups in total. The van der Waals surface area contributed by atoms with E-state index < -0.39 is 12.4 Å². The lowest BCUT2D eigenvalue weighted by Crippen LogP contribution is -2.03. The van der Waals surface area contributed by atoms with E-state index in [9.17, 15) is 18.7 Å². The molecule has 2 rings (SSSR count). The summed E-state index contributed by atoms with van der Waals surface area (Å²) in [4.78, 5) is 11.8. The molecule has 0 amide bonds. The van der Waals surface area contributed by atoms with E-state index in [1.807, 2.05) is 0 Å².